The summed E-state index contributed by atoms with van der Waals surface area (Å²) in [4.78, 5) is 39.5. The molecule has 4 rings (SSSR count). The van der Waals surface area contributed by atoms with Crippen molar-refractivity contribution in [2.45, 2.75) is 39.5 Å². The zero-order valence-electron chi connectivity index (χ0n) is 19.4. The molecule has 1 N–H and O–H groups in total. The lowest BCUT2D eigenvalue weighted by Crippen LogP contribution is -2.49. The van der Waals surface area contributed by atoms with E-state index in [-0.39, 0.29) is 17.8 Å². The number of anilines is 3. The molecule has 10 heteroatoms. The smallest absolute Gasteiger partial charge is 0.409 e. The molecule has 2 aromatic rings. The highest BCUT2D eigenvalue weighted by atomic mass is 16.6. The van der Waals surface area contributed by atoms with Gasteiger partial charge in [-0.15, -0.1) is 0 Å². The number of aromatic nitrogens is 2. The van der Waals surface area contributed by atoms with Gasteiger partial charge in [0.15, 0.2) is 0 Å². The Labute approximate surface area is 193 Å². The fourth-order valence-corrected chi connectivity index (χ4v) is 4.16. The minimum Gasteiger partial charge on any atom is -0.450 e. The van der Waals surface area contributed by atoms with Gasteiger partial charge in [-0.1, -0.05) is 12.8 Å². The molecule has 2 amide bonds. The summed E-state index contributed by atoms with van der Waals surface area (Å²) in [6, 6.07) is 4.21. The Kier molecular flexibility index (Phi) is 7.31. The number of carbonyl (C=O) groups is 2. The van der Waals surface area contributed by atoms with E-state index in [1.54, 1.807) is 24.9 Å². The number of nitrogens with one attached hydrogen (secondary N) is 1. The molecule has 2 aliphatic heterocycles. The Morgan fingerprint density at radius 3 is 2.39 bits per heavy atom. The fraction of sp³-hybridized carbons (Fsp3) is 0.565. The Bertz CT molecular complexity index is 944. The lowest BCUT2D eigenvalue weighted by molar-refractivity contribution is 0.0995. The second-order valence-corrected chi connectivity index (χ2v) is 8.34. The van der Waals surface area contributed by atoms with E-state index < -0.39 is 0 Å². The van der Waals surface area contributed by atoms with Gasteiger partial charge in [0.05, 0.1) is 24.2 Å². The zero-order chi connectivity index (χ0) is 23.2. The van der Waals surface area contributed by atoms with Crippen molar-refractivity contribution >= 4 is 29.5 Å². The number of hydrogen-bond donors (Lipinski definition) is 1. The van der Waals surface area contributed by atoms with Crippen molar-refractivity contribution in [2.24, 2.45) is 0 Å². The molecule has 10 nitrogen and oxygen atoms in total. The standard InChI is InChI=1S/C23H32N6O4/c1-3-32-23(31)29-14-12-27(13-15-29)19-9-8-18(16-24-19)26-21(30)20-17(2)25-22(33-20)28-10-6-4-5-7-11-28/h8-9,16H,3-7,10-15H2,1-2H3,(H,26,30). The molecule has 178 valence electrons. The quantitative estimate of drug-likeness (QED) is 0.731. The summed E-state index contributed by atoms with van der Waals surface area (Å²) in [5.74, 6) is 0.697. The van der Waals surface area contributed by atoms with E-state index >= 15 is 0 Å². The summed E-state index contributed by atoms with van der Waals surface area (Å²) >= 11 is 0. The second kappa shape index (κ2) is 10.5. The number of aryl methyl sites for hydroxylation is 1. The first-order valence-corrected chi connectivity index (χ1v) is 11.7. The molecule has 0 spiro atoms. The van der Waals surface area contributed by atoms with Crippen LogP contribution in [-0.4, -0.2) is 72.7 Å². The first-order chi connectivity index (χ1) is 16.0. The topological polar surface area (TPSA) is 104 Å². The van der Waals surface area contributed by atoms with Crippen LogP contribution in [0.15, 0.2) is 22.7 Å². The average molecular weight is 457 g/mol. The molecule has 0 radical (unpaired) electrons. The molecule has 0 aromatic carbocycles. The average Bonchev–Trinajstić information content (AvgIpc) is 3.03. The van der Waals surface area contributed by atoms with Crippen molar-refractivity contribution in [3.8, 4) is 0 Å². The van der Waals surface area contributed by atoms with Crippen LogP contribution < -0.4 is 15.1 Å². The van der Waals surface area contributed by atoms with Crippen LogP contribution in [0.2, 0.25) is 0 Å². The van der Waals surface area contributed by atoms with Crippen LogP contribution in [0.25, 0.3) is 0 Å². The van der Waals surface area contributed by atoms with E-state index in [2.05, 4.69) is 25.1 Å². The number of ether oxygens (including phenoxy) is 1. The summed E-state index contributed by atoms with van der Waals surface area (Å²) in [7, 11) is 0. The monoisotopic (exact) mass is 456 g/mol. The molecule has 0 aliphatic carbocycles. The van der Waals surface area contributed by atoms with E-state index in [1.807, 2.05) is 12.1 Å². The number of pyridine rings is 1. The largest absolute Gasteiger partial charge is 0.450 e. The maximum Gasteiger partial charge on any atom is 0.409 e. The van der Waals surface area contributed by atoms with Gasteiger partial charge in [-0.3, -0.25) is 4.79 Å². The molecule has 0 bridgehead atoms. The normalized spacial score (nSPS) is 17.0. The van der Waals surface area contributed by atoms with Gasteiger partial charge in [-0.05, 0) is 38.8 Å². The maximum absolute atomic E-state index is 12.8. The minimum atomic E-state index is -0.335. The summed E-state index contributed by atoms with van der Waals surface area (Å²) in [5.41, 5.74) is 1.16. The third-order valence-electron chi connectivity index (χ3n) is 6.00. The molecule has 0 saturated carbocycles. The molecule has 2 saturated heterocycles. The van der Waals surface area contributed by atoms with Crippen molar-refractivity contribution < 1.29 is 18.7 Å². The second-order valence-electron chi connectivity index (χ2n) is 8.34. The number of nitrogens with zero attached hydrogens (tertiary/aromatic N) is 5. The lowest BCUT2D eigenvalue weighted by atomic mass is 10.2. The third-order valence-corrected chi connectivity index (χ3v) is 6.00. The molecule has 0 unspecified atom stereocenters. The number of oxazole rings is 1. The van der Waals surface area contributed by atoms with E-state index in [0.717, 1.165) is 31.7 Å². The van der Waals surface area contributed by atoms with Gasteiger partial charge in [0, 0.05) is 39.3 Å². The van der Waals surface area contributed by atoms with Crippen LogP contribution in [0, 0.1) is 6.92 Å². The van der Waals surface area contributed by atoms with Gasteiger partial charge in [0.1, 0.15) is 5.82 Å². The number of amides is 2. The summed E-state index contributed by atoms with van der Waals surface area (Å²) < 4.78 is 10.9. The van der Waals surface area contributed by atoms with Gasteiger partial charge in [-0.2, -0.15) is 4.98 Å². The molecular formula is C23H32N6O4. The van der Waals surface area contributed by atoms with Gasteiger partial charge in [-0.25, -0.2) is 9.78 Å². The van der Waals surface area contributed by atoms with Crippen LogP contribution in [0.3, 0.4) is 0 Å². The van der Waals surface area contributed by atoms with Crippen LogP contribution in [0.4, 0.5) is 22.3 Å². The first kappa shape index (κ1) is 22.9. The van der Waals surface area contributed by atoms with Crippen molar-refractivity contribution in [3.63, 3.8) is 0 Å². The van der Waals surface area contributed by atoms with Crippen molar-refractivity contribution in [1.29, 1.82) is 0 Å². The molecule has 4 heterocycles. The summed E-state index contributed by atoms with van der Waals surface area (Å²) in [6.45, 7) is 8.30. The molecule has 2 aliphatic rings. The zero-order valence-corrected chi connectivity index (χ0v) is 19.4. The predicted octanol–water partition coefficient (Wildman–Crippen LogP) is 3.29. The Balaban J connectivity index is 1.34. The number of carbonyl (C=O) groups excluding carboxylic acids is 2. The van der Waals surface area contributed by atoms with Crippen LogP contribution >= 0.6 is 0 Å². The third kappa shape index (κ3) is 5.55. The van der Waals surface area contributed by atoms with Crippen LogP contribution in [-0.2, 0) is 4.74 Å². The molecule has 2 aromatic heterocycles. The van der Waals surface area contributed by atoms with Crippen LogP contribution in [0.5, 0.6) is 0 Å². The van der Waals surface area contributed by atoms with Crippen molar-refractivity contribution in [2.75, 3.05) is 61.0 Å². The molecule has 0 atom stereocenters. The minimum absolute atomic E-state index is 0.230. The summed E-state index contributed by atoms with van der Waals surface area (Å²) in [5, 5.41) is 2.85. The van der Waals surface area contributed by atoms with E-state index in [1.165, 1.54) is 12.8 Å². The molecular weight excluding hydrogens is 424 g/mol. The Morgan fingerprint density at radius 2 is 1.76 bits per heavy atom. The van der Waals surface area contributed by atoms with E-state index in [4.69, 9.17) is 9.15 Å². The maximum atomic E-state index is 12.8. The highest BCUT2D eigenvalue weighted by molar-refractivity contribution is 6.03. The van der Waals surface area contributed by atoms with Gasteiger partial charge in [0.25, 0.3) is 11.9 Å². The number of rotatable bonds is 5. The van der Waals surface area contributed by atoms with E-state index in [9.17, 15) is 9.59 Å². The van der Waals surface area contributed by atoms with Gasteiger partial charge < -0.3 is 29.2 Å². The number of hydrogen-bond acceptors (Lipinski definition) is 8. The molecule has 33 heavy (non-hydrogen) atoms. The predicted molar refractivity (Wildman–Crippen MR) is 125 cm³/mol. The van der Waals surface area contributed by atoms with Crippen molar-refractivity contribution in [1.82, 2.24) is 14.9 Å². The SMILES string of the molecule is CCOC(=O)N1CCN(c2ccc(NC(=O)c3oc(N4CCCCCC4)nc3C)cn2)CC1. The van der Waals surface area contributed by atoms with Crippen LogP contribution in [0.1, 0.15) is 48.9 Å². The van der Waals surface area contributed by atoms with Gasteiger partial charge >= 0.3 is 6.09 Å². The van der Waals surface area contributed by atoms with Crippen molar-refractivity contribution in [3.05, 3.63) is 29.8 Å². The Hall–Kier alpha value is -3.30. The lowest BCUT2D eigenvalue weighted by Gasteiger charge is -2.34. The first-order valence-electron chi connectivity index (χ1n) is 11.7. The number of piperazine rings is 1. The highest BCUT2D eigenvalue weighted by Crippen LogP contribution is 2.23. The van der Waals surface area contributed by atoms with E-state index in [0.29, 0.717) is 50.2 Å². The fourth-order valence-electron chi connectivity index (χ4n) is 4.16. The highest BCUT2D eigenvalue weighted by Gasteiger charge is 2.24. The van der Waals surface area contributed by atoms with Gasteiger partial charge in [0.2, 0.25) is 5.76 Å². The Morgan fingerprint density at radius 1 is 1.03 bits per heavy atom. The molecule has 2 fully saturated rings. The summed E-state index contributed by atoms with van der Waals surface area (Å²) in [6.07, 6.45) is 6.01.